The number of rotatable bonds is 4. The molecule has 1 aliphatic heterocycles. The van der Waals surface area contributed by atoms with E-state index in [-0.39, 0.29) is 23.5 Å². The van der Waals surface area contributed by atoms with E-state index in [2.05, 4.69) is 0 Å². The molecule has 1 heterocycles. The number of ketones is 1. The van der Waals surface area contributed by atoms with Crippen molar-refractivity contribution in [2.75, 3.05) is 14.2 Å². The zero-order valence-electron chi connectivity index (χ0n) is 12.9. The van der Waals surface area contributed by atoms with E-state index in [1.165, 1.54) is 20.3 Å². The van der Waals surface area contributed by atoms with Gasteiger partial charge in [-0.3, -0.25) is 9.59 Å². The third kappa shape index (κ3) is 2.54. The molecule has 2 aromatic carbocycles. The van der Waals surface area contributed by atoms with Gasteiger partial charge in [-0.1, -0.05) is 30.3 Å². The zero-order chi connectivity index (χ0) is 16.4. The van der Waals surface area contributed by atoms with Gasteiger partial charge in [-0.2, -0.15) is 0 Å². The average Bonchev–Trinajstić information content (AvgIpc) is 2.60. The summed E-state index contributed by atoms with van der Waals surface area (Å²) in [6.07, 6.45) is 0.391. The SMILES string of the molecule is COc1cc(OC)c2c(c1C=O)OC(c1ccccc1)CC2=O. The first kappa shape index (κ1) is 15.1. The fourth-order valence-electron chi connectivity index (χ4n) is 2.76. The smallest absolute Gasteiger partial charge is 0.174 e. The van der Waals surface area contributed by atoms with E-state index in [0.717, 1.165) is 5.56 Å². The fraction of sp³-hybridized carbons (Fsp3) is 0.222. The first-order chi connectivity index (χ1) is 11.2. The van der Waals surface area contributed by atoms with Crippen LogP contribution in [0.2, 0.25) is 0 Å². The summed E-state index contributed by atoms with van der Waals surface area (Å²) in [5, 5.41) is 0. The number of carbonyl (C=O) groups excluding carboxylic acids is 2. The number of fused-ring (bicyclic) bond motifs is 1. The van der Waals surface area contributed by atoms with Gasteiger partial charge in [0, 0.05) is 6.07 Å². The molecule has 3 rings (SSSR count). The zero-order valence-corrected chi connectivity index (χ0v) is 12.9. The van der Waals surface area contributed by atoms with Gasteiger partial charge in [0.05, 0.1) is 26.2 Å². The van der Waals surface area contributed by atoms with Crippen LogP contribution >= 0.6 is 0 Å². The lowest BCUT2D eigenvalue weighted by atomic mass is 9.93. The number of carbonyl (C=O) groups is 2. The van der Waals surface area contributed by atoms with Crippen molar-refractivity contribution in [1.29, 1.82) is 0 Å². The molecule has 0 spiro atoms. The lowest BCUT2D eigenvalue weighted by molar-refractivity contribution is 0.0841. The van der Waals surface area contributed by atoms with E-state index in [1.54, 1.807) is 0 Å². The van der Waals surface area contributed by atoms with Crippen LogP contribution in [0, 0.1) is 0 Å². The third-order valence-corrected chi connectivity index (χ3v) is 3.88. The van der Waals surface area contributed by atoms with Gasteiger partial charge in [0.25, 0.3) is 0 Å². The van der Waals surface area contributed by atoms with Crippen LogP contribution in [0.4, 0.5) is 0 Å². The van der Waals surface area contributed by atoms with Crippen LogP contribution in [-0.2, 0) is 0 Å². The van der Waals surface area contributed by atoms with Gasteiger partial charge < -0.3 is 14.2 Å². The third-order valence-electron chi connectivity index (χ3n) is 3.88. The largest absolute Gasteiger partial charge is 0.496 e. The molecule has 0 aliphatic carbocycles. The normalized spacial score (nSPS) is 16.3. The molecule has 0 radical (unpaired) electrons. The predicted molar refractivity (Wildman–Crippen MR) is 83.7 cm³/mol. The molecule has 2 aromatic rings. The standard InChI is InChI=1S/C18H16O5/c1-21-15-9-16(22-2)17-13(20)8-14(11-6-4-3-5-7-11)23-18(17)12(15)10-19/h3-7,9-10,14H,8H2,1-2H3. The quantitative estimate of drug-likeness (QED) is 0.811. The Labute approximate surface area is 133 Å². The van der Waals surface area contributed by atoms with Crippen molar-refractivity contribution < 1.29 is 23.8 Å². The van der Waals surface area contributed by atoms with Crippen molar-refractivity contribution in [3.05, 3.63) is 53.1 Å². The molecular weight excluding hydrogens is 296 g/mol. The minimum absolute atomic E-state index is 0.122. The summed E-state index contributed by atoms with van der Waals surface area (Å²) in [6, 6.07) is 11.0. The van der Waals surface area contributed by atoms with Gasteiger partial charge in [-0.15, -0.1) is 0 Å². The highest BCUT2D eigenvalue weighted by molar-refractivity contribution is 6.06. The van der Waals surface area contributed by atoms with Gasteiger partial charge in [-0.05, 0) is 5.56 Å². The summed E-state index contributed by atoms with van der Waals surface area (Å²) in [4.78, 5) is 24.1. The van der Waals surface area contributed by atoms with Crippen molar-refractivity contribution in [2.45, 2.75) is 12.5 Å². The molecule has 0 bridgehead atoms. The van der Waals surface area contributed by atoms with Crippen molar-refractivity contribution in [3.8, 4) is 17.2 Å². The van der Waals surface area contributed by atoms with Gasteiger partial charge >= 0.3 is 0 Å². The van der Waals surface area contributed by atoms with E-state index in [4.69, 9.17) is 14.2 Å². The van der Waals surface area contributed by atoms with Crippen LogP contribution < -0.4 is 14.2 Å². The summed E-state index contributed by atoms with van der Waals surface area (Å²) in [6.45, 7) is 0. The molecule has 118 valence electrons. The van der Waals surface area contributed by atoms with Crippen LogP contribution in [0.3, 0.4) is 0 Å². The van der Waals surface area contributed by atoms with Crippen LogP contribution in [0.25, 0.3) is 0 Å². The van der Waals surface area contributed by atoms with Crippen molar-refractivity contribution >= 4 is 12.1 Å². The average molecular weight is 312 g/mol. The van der Waals surface area contributed by atoms with Crippen molar-refractivity contribution in [1.82, 2.24) is 0 Å². The number of ether oxygens (including phenoxy) is 3. The molecule has 0 aromatic heterocycles. The number of Topliss-reactive ketones (excluding diaryl/α,β-unsaturated/α-hetero) is 1. The second-order valence-corrected chi connectivity index (χ2v) is 5.16. The summed E-state index contributed by atoms with van der Waals surface area (Å²) in [5.74, 6) is 0.764. The van der Waals surface area contributed by atoms with Crippen LogP contribution in [-0.4, -0.2) is 26.3 Å². The number of benzene rings is 2. The van der Waals surface area contributed by atoms with E-state index >= 15 is 0 Å². The lowest BCUT2D eigenvalue weighted by Gasteiger charge is -2.28. The molecule has 0 amide bonds. The maximum absolute atomic E-state index is 12.6. The van der Waals surface area contributed by atoms with Gasteiger partial charge in [0.15, 0.2) is 12.1 Å². The van der Waals surface area contributed by atoms with Gasteiger partial charge in [0.2, 0.25) is 0 Å². The second kappa shape index (κ2) is 6.12. The lowest BCUT2D eigenvalue weighted by Crippen LogP contribution is -2.22. The molecule has 0 saturated heterocycles. The van der Waals surface area contributed by atoms with E-state index in [1.807, 2.05) is 30.3 Å². The second-order valence-electron chi connectivity index (χ2n) is 5.16. The Morgan fingerprint density at radius 3 is 2.43 bits per heavy atom. The molecule has 0 N–H and O–H groups in total. The van der Waals surface area contributed by atoms with Gasteiger partial charge in [0.1, 0.15) is 28.9 Å². The highest BCUT2D eigenvalue weighted by Gasteiger charge is 2.34. The summed E-state index contributed by atoms with van der Waals surface area (Å²) in [7, 11) is 2.92. The maximum atomic E-state index is 12.6. The monoisotopic (exact) mass is 312 g/mol. The highest BCUT2D eigenvalue weighted by Crippen LogP contribution is 2.45. The first-order valence-electron chi connectivity index (χ1n) is 7.18. The van der Waals surface area contributed by atoms with E-state index in [0.29, 0.717) is 23.3 Å². The Hall–Kier alpha value is -2.82. The molecule has 1 atom stereocenters. The summed E-state index contributed by atoms with van der Waals surface area (Å²) in [5.41, 5.74) is 1.39. The Kier molecular flexibility index (Phi) is 4.02. The molecule has 1 aliphatic rings. The highest BCUT2D eigenvalue weighted by atomic mass is 16.5. The molecule has 5 heteroatoms. The summed E-state index contributed by atoms with van der Waals surface area (Å²) >= 11 is 0. The van der Waals surface area contributed by atoms with E-state index < -0.39 is 6.10 Å². The molecule has 23 heavy (non-hydrogen) atoms. The number of aldehydes is 1. The molecule has 0 fully saturated rings. The van der Waals surface area contributed by atoms with Crippen molar-refractivity contribution in [2.24, 2.45) is 0 Å². The first-order valence-corrected chi connectivity index (χ1v) is 7.18. The van der Waals surface area contributed by atoms with Crippen LogP contribution in [0.1, 0.15) is 38.8 Å². The number of hydrogen-bond acceptors (Lipinski definition) is 5. The van der Waals surface area contributed by atoms with Gasteiger partial charge in [-0.25, -0.2) is 0 Å². The van der Waals surface area contributed by atoms with Crippen LogP contribution in [0.15, 0.2) is 36.4 Å². The molecule has 5 nitrogen and oxygen atoms in total. The Balaban J connectivity index is 2.15. The minimum atomic E-state index is -0.438. The van der Waals surface area contributed by atoms with E-state index in [9.17, 15) is 9.59 Å². The fourth-order valence-corrected chi connectivity index (χ4v) is 2.76. The maximum Gasteiger partial charge on any atom is 0.174 e. The molecule has 1 unspecified atom stereocenters. The van der Waals surface area contributed by atoms with Crippen molar-refractivity contribution in [3.63, 3.8) is 0 Å². The number of hydrogen-bond donors (Lipinski definition) is 0. The predicted octanol–water partition coefficient (Wildman–Crippen LogP) is 3.22. The Morgan fingerprint density at radius 1 is 1.13 bits per heavy atom. The Bertz CT molecular complexity index is 752. The topological polar surface area (TPSA) is 61.8 Å². The molecule has 0 saturated carbocycles. The summed E-state index contributed by atoms with van der Waals surface area (Å²) < 4.78 is 16.5. The molecular formula is C18H16O5. The minimum Gasteiger partial charge on any atom is -0.496 e. The number of methoxy groups -OCH3 is 2. The Morgan fingerprint density at radius 2 is 1.83 bits per heavy atom. The van der Waals surface area contributed by atoms with Crippen LogP contribution in [0.5, 0.6) is 17.2 Å².